The van der Waals surface area contributed by atoms with Crippen LogP contribution in [0, 0.1) is 0 Å². The average Bonchev–Trinajstić information content (AvgIpc) is 2.95. The Morgan fingerprint density at radius 1 is 1.32 bits per heavy atom. The van der Waals surface area contributed by atoms with Crippen molar-refractivity contribution >= 4 is 23.3 Å². The number of carbonyl (C=O) groups excluding carboxylic acids is 1. The Kier molecular flexibility index (Phi) is 4.76. The van der Waals surface area contributed by atoms with E-state index in [1.54, 1.807) is 31.4 Å². The number of aromatic amines is 1. The molecule has 1 unspecified atom stereocenters. The summed E-state index contributed by atoms with van der Waals surface area (Å²) >= 11 is 6.21. The molecule has 1 amide bonds. The van der Waals surface area contributed by atoms with Crippen LogP contribution in [-0.2, 0) is 10.2 Å². The van der Waals surface area contributed by atoms with Crippen LogP contribution >= 0.6 is 11.6 Å². The number of hydrogen-bond acceptors (Lipinski definition) is 3. The molecule has 2 N–H and O–H groups in total. The van der Waals surface area contributed by atoms with Crippen LogP contribution in [0.1, 0.15) is 37.4 Å². The second kappa shape index (κ2) is 6.40. The zero-order valence-corrected chi connectivity index (χ0v) is 13.9. The van der Waals surface area contributed by atoms with E-state index in [1.807, 2.05) is 6.07 Å². The molecule has 0 bridgehead atoms. The lowest BCUT2D eigenvalue weighted by Gasteiger charge is -2.14. The van der Waals surface area contributed by atoms with Gasteiger partial charge in [0.1, 0.15) is 11.1 Å². The Labute approximate surface area is 135 Å². The van der Waals surface area contributed by atoms with Crippen molar-refractivity contribution in [2.24, 2.45) is 0 Å². The lowest BCUT2D eigenvalue weighted by molar-refractivity contribution is -0.116. The molecule has 0 fully saturated rings. The Balaban J connectivity index is 2.06. The maximum atomic E-state index is 12.2. The normalized spacial score (nSPS) is 12.8. The predicted molar refractivity (Wildman–Crippen MR) is 87.5 cm³/mol. The fraction of sp³-hybridized carbons (Fsp3) is 0.375. The highest BCUT2D eigenvalue weighted by Gasteiger charge is 2.21. The van der Waals surface area contributed by atoms with Gasteiger partial charge in [0.25, 0.3) is 0 Å². The zero-order valence-electron chi connectivity index (χ0n) is 13.1. The van der Waals surface area contributed by atoms with E-state index in [4.69, 9.17) is 16.3 Å². The topological polar surface area (TPSA) is 67.0 Å². The van der Waals surface area contributed by atoms with Gasteiger partial charge in [-0.15, -0.1) is 11.6 Å². The predicted octanol–water partition coefficient (Wildman–Crippen LogP) is 3.63. The molecule has 2 rings (SSSR count). The third-order valence-corrected chi connectivity index (χ3v) is 3.73. The average molecular weight is 322 g/mol. The molecule has 2 aromatic rings. The maximum Gasteiger partial charge on any atom is 0.248 e. The molecular formula is C16H20ClN3O2. The van der Waals surface area contributed by atoms with Gasteiger partial charge < -0.3 is 10.1 Å². The van der Waals surface area contributed by atoms with Crippen LogP contribution in [0.3, 0.4) is 0 Å². The van der Waals surface area contributed by atoms with E-state index in [0.717, 1.165) is 11.4 Å². The lowest BCUT2D eigenvalue weighted by Crippen LogP contribution is -2.17. The van der Waals surface area contributed by atoms with Crippen LogP contribution in [0.25, 0.3) is 0 Å². The van der Waals surface area contributed by atoms with Gasteiger partial charge in [0.2, 0.25) is 5.91 Å². The molecule has 1 aromatic carbocycles. The summed E-state index contributed by atoms with van der Waals surface area (Å²) in [5.41, 5.74) is 1.58. The summed E-state index contributed by atoms with van der Waals surface area (Å²) in [7, 11) is 1.59. The van der Waals surface area contributed by atoms with Gasteiger partial charge >= 0.3 is 0 Å². The van der Waals surface area contributed by atoms with Gasteiger partial charge in [-0.1, -0.05) is 32.9 Å². The highest BCUT2D eigenvalue weighted by atomic mass is 35.5. The van der Waals surface area contributed by atoms with Gasteiger partial charge in [0.05, 0.1) is 7.11 Å². The molecule has 5 nitrogen and oxygen atoms in total. The van der Waals surface area contributed by atoms with Gasteiger partial charge in [-0.2, -0.15) is 5.10 Å². The summed E-state index contributed by atoms with van der Waals surface area (Å²) in [5, 5.41) is 8.94. The van der Waals surface area contributed by atoms with E-state index in [9.17, 15) is 4.79 Å². The molecule has 0 aliphatic rings. The molecule has 118 valence electrons. The quantitative estimate of drug-likeness (QED) is 0.845. The first-order valence-electron chi connectivity index (χ1n) is 6.96. The number of H-pyrrole nitrogens is 1. The second-order valence-electron chi connectivity index (χ2n) is 6.04. The minimum absolute atomic E-state index is 0.0632. The number of alkyl halides is 1. The smallest absolute Gasteiger partial charge is 0.248 e. The van der Waals surface area contributed by atoms with Crippen LogP contribution < -0.4 is 10.1 Å². The van der Waals surface area contributed by atoms with E-state index < -0.39 is 5.38 Å². The summed E-state index contributed by atoms with van der Waals surface area (Å²) in [6.45, 7) is 6.19. The van der Waals surface area contributed by atoms with E-state index in [-0.39, 0.29) is 11.3 Å². The van der Waals surface area contributed by atoms with Crippen molar-refractivity contribution in [1.82, 2.24) is 10.2 Å². The number of ether oxygens (including phenoxy) is 1. The van der Waals surface area contributed by atoms with E-state index in [2.05, 4.69) is 36.3 Å². The van der Waals surface area contributed by atoms with Crippen LogP contribution in [-0.4, -0.2) is 23.2 Å². The van der Waals surface area contributed by atoms with Gasteiger partial charge in [-0.05, 0) is 17.7 Å². The number of anilines is 1. The molecule has 1 heterocycles. The number of halogens is 1. The van der Waals surface area contributed by atoms with E-state index in [1.165, 1.54) is 0 Å². The van der Waals surface area contributed by atoms with Crippen molar-refractivity contribution in [2.45, 2.75) is 31.6 Å². The van der Waals surface area contributed by atoms with Crippen molar-refractivity contribution in [2.75, 3.05) is 12.4 Å². The van der Waals surface area contributed by atoms with Crippen molar-refractivity contribution in [3.8, 4) is 5.75 Å². The standard InChI is InChI=1S/C16H20ClN3O2/c1-16(2,3)12-9-13(20-19-12)18-15(21)14(17)10-5-7-11(22-4)8-6-10/h5-9,14H,1-4H3,(H2,18,19,20,21). The number of hydrogen-bond donors (Lipinski definition) is 2. The number of benzene rings is 1. The number of aromatic nitrogens is 2. The van der Waals surface area contributed by atoms with Gasteiger partial charge in [0, 0.05) is 17.2 Å². The highest BCUT2D eigenvalue weighted by molar-refractivity contribution is 6.32. The first-order valence-corrected chi connectivity index (χ1v) is 7.39. The molecule has 0 aliphatic carbocycles. The number of rotatable bonds is 4. The largest absolute Gasteiger partial charge is 0.497 e. The van der Waals surface area contributed by atoms with Crippen molar-refractivity contribution in [3.05, 3.63) is 41.6 Å². The number of methoxy groups -OCH3 is 1. The number of nitrogens with one attached hydrogen (secondary N) is 2. The Morgan fingerprint density at radius 3 is 2.45 bits per heavy atom. The van der Waals surface area contributed by atoms with Crippen LogP contribution in [0.2, 0.25) is 0 Å². The minimum Gasteiger partial charge on any atom is -0.497 e. The fourth-order valence-corrected chi connectivity index (χ4v) is 2.08. The first kappa shape index (κ1) is 16.4. The molecule has 0 radical (unpaired) electrons. The molecular weight excluding hydrogens is 302 g/mol. The number of amides is 1. The SMILES string of the molecule is COc1ccc(C(Cl)C(=O)Nc2cc(C(C)(C)C)[nH]n2)cc1. The van der Waals surface area contributed by atoms with E-state index in [0.29, 0.717) is 11.4 Å². The molecule has 1 aromatic heterocycles. The molecule has 0 saturated heterocycles. The zero-order chi connectivity index (χ0) is 16.3. The van der Waals surface area contributed by atoms with Crippen LogP contribution in [0.5, 0.6) is 5.75 Å². The minimum atomic E-state index is -0.791. The lowest BCUT2D eigenvalue weighted by atomic mass is 9.92. The van der Waals surface area contributed by atoms with Crippen LogP contribution in [0.15, 0.2) is 30.3 Å². The molecule has 0 spiro atoms. The summed E-state index contributed by atoms with van der Waals surface area (Å²) in [5.74, 6) is 0.864. The molecule has 0 aliphatic heterocycles. The van der Waals surface area contributed by atoms with Crippen molar-refractivity contribution in [3.63, 3.8) is 0 Å². The third-order valence-electron chi connectivity index (χ3n) is 3.28. The molecule has 6 heteroatoms. The highest BCUT2D eigenvalue weighted by Crippen LogP contribution is 2.26. The molecule has 22 heavy (non-hydrogen) atoms. The summed E-state index contributed by atoms with van der Waals surface area (Å²) < 4.78 is 5.08. The number of carbonyl (C=O) groups is 1. The second-order valence-corrected chi connectivity index (χ2v) is 6.48. The Hall–Kier alpha value is -2.01. The summed E-state index contributed by atoms with van der Waals surface area (Å²) in [6.07, 6.45) is 0. The first-order chi connectivity index (χ1) is 10.3. The van der Waals surface area contributed by atoms with Crippen LogP contribution in [0.4, 0.5) is 5.82 Å². The third kappa shape index (κ3) is 3.80. The Morgan fingerprint density at radius 2 is 1.95 bits per heavy atom. The molecule has 0 saturated carbocycles. The van der Waals surface area contributed by atoms with Crippen molar-refractivity contribution < 1.29 is 9.53 Å². The van der Waals surface area contributed by atoms with Gasteiger partial charge in [-0.3, -0.25) is 9.89 Å². The molecule has 1 atom stereocenters. The monoisotopic (exact) mass is 321 g/mol. The Bertz CT molecular complexity index is 644. The summed E-state index contributed by atoms with van der Waals surface area (Å²) in [4.78, 5) is 12.2. The van der Waals surface area contributed by atoms with Crippen molar-refractivity contribution in [1.29, 1.82) is 0 Å². The van der Waals surface area contributed by atoms with Gasteiger partial charge in [0.15, 0.2) is 5.82 Å². The van der Waals surface area contributed by atoms with E-state index >= 15 is 0 Å². The summed E-state index contributed by atoms with van der Waals surface area (Å²) in [6, 6.07) is 8.88. The maximum absolute atomic E-state index is 12.2. The fourth-order valence-electron chi connectivity index (χ4n) is 1.88. The number of nitrogens with zero attached hydrogens (tertiary/aromatic N) is 1. The van der Waals surface area contributed by atoms with Gasteiger partial charge in [-0.25, -0.2) is 0 Å².